The third kappa shape index (κ3) is 9.77. The fourth-order valence-corrected chi connectivity index (χ4v) is 14.3. The zero-order valence-corrected chi connectivity index (χ0v) is 40.2. The van der Waals surface area contributed by atoms with Crippen LogP contribution in [0, 0.1) is 28.6 Å². The molecule has 6 fully saturated rings. The number of allylic oxidation sites excluding steroid dienone is 1. The van der Waals surface area contributed by atoms with Crippen molar-refractivity contribution in [2.24, 2.45) is 28.6 Å². The minimum Gasteiger partial charge on any atom is -0.497 e. The molecule has 1 aromatic heterocycles. The van der Waals surface area contributed by atoms with Gasteiger partial charge in [0.25, 0.3) is 0 Å². The van der Waals surface area contributed by atoms with Crippen LogP contribution in [-0.2, 0) is 23.9 Å². The summed E-state index contributed by atoms with van der Waals surface area (Å²) >= 11 is 1.50. The number of aliphatic hydroxyl groups is 4. The number of likely N-dealkylation sites (N-methyl/N-ethyl adjacent to an activating group) is 1. The summed E-state index contributed by atoms with van der Waals surface area (Å²) in [6.45, 7) is 6.82. The van der Waals surface area contributed by atoms with Gasteiger partial charge in [-0.15, -0.1) is 0 Å². The molecule has 1 aromatic carbocycles. The third-order valence-electron chi connectivity index (χ3n) is 16.6. The number of methoxy groups -OCH3 is 1. The van der Waals surface area contributed by atoms with Gasteiger partial charge >= 0.3 is 11.7 Å². The molecule has 1 unspecified atom stereocenters. The maximum Gasteiger partial charge on any atom is 0.354 e. The van der Waals surface area contributed by atoms with Gasteiger partial charge in [-0.25, -0.2) is 9.78 Å². The van der Waals surface area contributed by atoms with Crippen molar-refractivity contribution in [2.75, 3.05) is 40.1 Å². The lowest BCUT2D eigenvalue weighted by atomic mass is 9.46. The third-order valence-corrected chi connectivity index (χ3v) is 17.7. The molecule has 1 spiro atoms. The molecule has 2 saturated heterocycles. The van der Waals surface area contributed by atoms with E-state index in [4.69, 9.17) is 25.1 Å². The van der Waals surface area contributed by atoms with Crippen LogP contribution >= 0.6 is 11.8 Å². The van der Waals surface area contributed by atoms with E-state index in [9.17, 15) is 34.5 Å². The minimum atomic E-state index is -1.35. The molecule has 66 heavy (non-hydrogen) atoms. The van der Waals surface area contributed by atoms with Crippen molar-refractivity contribution in [3.8, 4) is 5.75 Å². The predicted octanol–water partition coefficient (Wildman–Crippen LogP) is 4.72. The van der Waals surface area contributed by atoms with Gasteiger partial charge in [-0.3, -0.25) is 19.0 Å². The number of nitrogen functional groups attached to an aromatic ring is 1. The zero-order valence-electron chi connectivity index (χ0n) is 39.4. The molecule has 4 saturated carbocycles. The molecule has 0 bridgehead atoms. The summed E-state index contributed by atoms with van der Waals surface area (Å²) < 4.78 is 17.3. The molecular weight excluding hydrogens is 867 g/mol. The first kappa shape index (κ1) is 50.2. The number of rotatable bonds is 8. The Kier molecular flexibility index (Phi) is 15.3. The molecule has 9 rings (SSSR count). The van der Waals surface area contributed by atoms with E-state index in [1.54, 1.807) is 14.0 Å². The second-order valence-electron chi connectivity index (χ2n) is 20.5. The SMILES string of the molecule is CC(=O)S[C@@H]1CC2=CC(=O)CC[C@]2(C)[C@H]2CC[C@@]3(C)[C@@H](CC[C@@]34CCC(=O)O4)[C@H]12.COc1ccc(C(CN(C)C)C2(O)CCCCC2)cc1.Nc1ncn([C@@H]2O[C@H](CO)[C@@H](O)[C@H]2O)c(=O)n1. The highest BCUT2D eigenvalue weighted by molar-refractivity contribution is 8.14. The average molecular weight is 938 g/mol. The largest absolute Gasteiger partial charge is 0.497 e. The van der Waals surface area contributed by atoms with Crippen molar-refractivity contribution in [2.45, 2.75) is 158 Å². The number of aliphatic hydroxyl groups excluding tert-OH is 3. The van der Waals surface area contributed by atoms with Crippen molar-refractivity contribution < 1.29 is 49.0 Å². The molecular formula is C49H71N5O11S. The number of hydrogen-bond acceptors (Lipinski definition) is 16. The van der Waals surface area contributed by atoms with Gasteiger partial charge in [-0.05, 0) is 119 Å². The molecule has 0 amide bonds. The fraction of sp³-hybridized carbons (Fsp3) is 0.714. The number of nitrogens with two attached hydrogens (primary N) is 1. The van der Waals surface area contributed by atoms with E-state index in [0.29, 0.717) is 30.6 Å². The molecule has 2 aromatic rings. The van der Waals surface area contributed by atoms with Crippen LogP contribution in [0.1, 0.15) is 128 Å². The molecule has 17 heteroatoms. The molecule has 5 aliphatic carbocycles. The number of hydrogen-bond donors (Lipinski definition) is 5. The summed E-state index contributed by atoms with van der Waals surface area (Å²) in [7, 11) is 5.83. The van der Waals surface area contributed by atoms with Gasteiger partial charge in [0.15, 0.2) is 17.1 Å². The number of aromatic nitrogens is 3. The Bertz CT molecular complexity index is 2160. The van der Waals surface area contributed by atoms with Crippen molar-refractivity contribution >= 4 is 34.6 Å². The fourth-order valence-electron chi connectivity index (χ4n) is 13.1. The lowest BCUT2D eigenvalue weighted by molar-refractivity contribution is -0.167. The van der Waals surface area contributed by atoms with Gasteiger partial charge in [0.2, 0.25) is 5.95 Å². The lowest BCUT2D eigenvalue weighted by Crippen LogP contribution is -2.57. The molecule has 6 N–H and O–H groups in total. The van der Waals surface area contributed by atoms with Gasteiger partial charge in [-0.1, -0.05) is 62.6 Å². The molecule has 2 aliphatic heterocycles. The van der Waals surface area contributed by atoms with Crippen molar-refractivity contribution in [3.05, 3.63) is 58.3 Å². The Hall–Kier alpha value is -3.71. The summed E-state index contributed by atoms with van der Waals surface area (Å²) in [5, 5.41) is 39.6. The average Bonchev–Trinajstić information content (AvgIpc) is 3.91. The molecule has 12 atom stereocenters. The number of carbonyl (C=O) groups excluding carboxylic acids is 3. The number of benzene rings is 1. The van der Waals surface area contributed by atoms with Crippen molar-refractivity contribution in [1.82, 2.24) is 19.4 Å². The Morgan fingerprint density at radius 1 is 0.985 bits per heavy atom. The van der Waals surface area contributed by atoms with Crippen molar-refractivity contribution in [3.63, 3.8) is 0 Å². The van der Waals surface area contributed by atoms with Crippen molar-refractivity contribution in [1.29, 1.82) is 0 Å². The quantitative estimate of drug-likeness (QED) is 0.225. The van der Waals surface area contributed by atoms with Crippen LogP contribution in [0.3, 0.4) is 0 Å². The standard InChI is InChI=1S/C24H32O4S.C17H27NO2.C8H12N4O5/c1-14(25)29-19-13-15-12-16(26)4-8-22(15,2)17-5-9-23(3)18(21(17)19)6-10-24(23)11-7-20(27)28-24;1-18(2)13-16(17(19)11-5-4-6-12-17)14-7-9-15(20-3)10-8-14;9-7-10-2-12(8(16)11-7)6-5(15)4(14)3(1-13)17-6/h12,17-19,21H,4-11,13H2,1-3H3;7-10,16,19H,4-6,11-13H2,1-3H3;2-6,13-15H,1H2,(H2,9,11,16)/t17-,18-,19+,21+,22-,23-,24+;;3-,4-,5-,6-/m0.1/s1. The van der Waals surface area contributed by atoms with E-state index in [0.717, 1.165) is 93.8 Å². The second kappa shape index (κ2) is 20.1. The molecule has 0 radical (unpaired) electrons. The predicted molar refractivity (Wildman–Crippen MR) is 248 cm³/mol. The van der Waals surface area contributed by atoms with E-state index in [-0.39, 0.29) is 50.4 Å². The summed E-state index contributed by atoms with van der Waals surface area (Å²) in [5.41, 5.74) is 6.20. The van der Waals surface area contributed by atoms with E-state index < -0.39 is 42.4 Å². The second-order valence-corrected chi connectivity index (χ2v) is 22.0. The number of carbonyl (C=O) groups is 3. The first-order chi connectivity index (χ1) is 31.3. The number of fused-ring (bicyclic) bond motifs is 6. The Labute approximate surface area is 392 Å². The number of thioether (sulfide) groups is 1. The number of ether oxygens (including phenoxy) is 3. The van der Waals surface area contributed by atoms with E-state index in [1.165, 1.54) is 29.3 Å². The first-order valence-electron chi connectivity index (χ1n) is 23.7. The van der Waals surface area contributed by atoms with Crippen LogP contribution in [0.15, 0.2) is 47.0 Å². The topological polar surface area (TPSA) is 237 Å². The van der Waals surface area contributed by atoms with Crippen LogP contribution in [-0.4, -0.2) is 126 Å². The van der Waals surface area contributed by atoms with E-state index in [1.807, 2.05) is 18.2 Å². The smallest absolute Gasteiger partial charge is 0.354 e. The van der Waals surface area contributed by atoms with Gasteiger partial charge in [0.05, 0.1) is 19.3 Å². The van der Waals surface area contributed by atoms with Crippen LogP contribution in [0.2, 0.25) is 0 Å². The van der Waals surface area contributed by atoms with Crippen LogP contribution in [0.5, 0.6) is 5.75 Å². The van der Waals surface area contributed by atoms with Crippen LogP contribution in [0.25, 0.3) is 0 Å². The highest BCUT2D eigenvalue weighted by atomic mass is 32.2. The summed E-state index contributed by atoms with van der Waals surface area (Å²) in [6, 6.07) is 8.17. The number of esters is 1. The zero-order chi connectivity index (χ0) is 47.8. The first-order valence-corrected chi connectivity index (χ1v) is 24.6. The Morgan fingerprint density at radius 3 is 2.27 bits per heavy atom. The van der Waals surface area contributed by atoms with E-state index in [2.05, 4.69) is 54.9 Å². The maximum absolute atomic E-state index is 12.2. The van der Waals surface area contributed by atoms with Crippen LogP contribution < -0.4 is 16.2 Å². The van der Waals surface area contributed by atoms with Gasteiger partial charge in [0.1, 0.15) is 36.0 Å². The molecule has 7 aliphatic rings. The van der Waals surface area contributed by atoms with Gasteiger partial charge in [-0.2, -0.15) is 4.98 Å². The molecule has 3 heterocycles. The van der Waals surface area contributed by atoms with Crippen LogP contribution in [0.4, 0.5) is 5.95 Å². The number of anilines is 1. The normalized spacial score (nSPS) is 35.8. The maximum atomic E-state index is 12.2. The minimum absolute atomic E-state index is 0.0119. The molecule has 16 nitrogen and oxygen atoms in total. The van der Waals surface area contributed by atoms with E-state index >= 15 is 0 Å². The number of nitrogens with zero attached hydrogens (tertiary/aromatic N) is 4. The Morgan fingerprint density at radius 2 is 1.68 bits per heavy atom. The van der Waals surface area contributed by atoms with Gasteiger partial charge < -0.3 is 45.3 Å². The highest BCUT2D eigenvalue weighted by Gasteiger charge is 2.68. The summed E-state index contributed by atoms with van der Waals surface area (Å²) in [6.07, 6.45) is 11.7. The Balaban J connectivity index is 0.000000154. The lowest BCUT2D eigenvalue weighted by Gasteiger charge is -2.61. The monoisotopic (exact) mass is 937 g/mol. The summed E-state index contributed by atoms with van der Waals surface area (Å²) in [4.78, 5) is 57.0. The number of ketones is 1. The van der Waals surface area contributed by atoms with Gasteiger partial charge in [0, 0.05) is 42.9 Å². The summed E-state index contributed by atoms with van der Waals surface area (Å²) in [5.74, 6) is 2.51. The highest BCUT2D eigenvalue weighted by Crippen LogP contribution is 2.70. The molecule has 364 valence electrons.